The first-order valence-electron chi connectivity index (χ1n) is 40.1. The lowest BCUT2D eigenvalue weighted by Gasteiger charge is -2.26. The Balaban J connectivity index is 3.98. The van der Waals surface area contributed by atoms with Crippen molar-refractivity contribution in [2.45, 2.75) is 399 Å². The molecular weight excluding hydrogens is 1150 g/mol. The number of nitrogens with zero attached hydrogens (tertiary/aromatic N) is 1. The summed E-state index contributed by atoms with van der Waals surface area (Å²) >= 11 is 0. The molecule has 0 aliphatic heterocycles. The van der Waals surface area contributed by atoms with Gasteiger partial charge in [0.15, 0.2) is 12.4 Å². The van der Waals surface area contributed by atoms with Crippen LogP contribution in [0.1, 0.15) is 386 Å². The lowest BCUT2D eigenvalue weighted by Crippen LogP contribution is -2.44. The van der Waals surface area contributed by atoms with Crippen molar-refractivity contribution in [1.29, 1.82) is 0 Å². The van der Waals surface area contributed by atoms with Gasteiger partial charge in [-0.2, -0.15) is 0 Å². The van der Waals surface area contributed by atoms with E-state index < -0.39 is 24.3 Å². The van der Waals surface area contributed by atoms with Gasteiger partial charge in [0, 0.05) is 12.8 Å². The van der Waals surface area contributed by atoms with E-state index in [1.165, 1.54) is 289 Å². The lowest BCUT2D eigenvalue weighted by molar-refractivity contribution is -0.870. The number of carbonyl (C=O) groups is 3. The molecule has 0 saturated heterocycles. The average Bonchev–Trinajstić information content (AvgIpc) is 3.73. The average molecular weight is 1310 g/mol. The number of hydrogen-bond donors (Lipinski definition) is 0. The fourth-order valence-corrected chi connectivity index (χ4v) is 11.9. The van der Waals surface area contributed by atoms with Crippen molar-refractivity contribution in [3.05, 3.63) is 72.9 Å². The molecule has 0 amide bonds. The first-order chi connectivity index (χ1) is 45.6. The van der Waals surface area contributed by atoms with Crippen LogP contribution in [-0.4, -0.2) is 82.3 Å². The zero-order valence-electron chi connectivity index (χ0n) is 62.1. The molecule has 0 heterocycles. The van der Waals surface area contributed by atoms with Gasteiger partial charge in [0.1, 0.15) is 13.2 Å². The van der Waals surface area contributed by atoms with Gasteiger partial charge in [-0.1, -0.05) is 363 Å². The molecule has 2 atom stereocenters. The number of carbonyl (C=O) groups excluding carboxylic acids is 3. The smallest absolute Gasteiger partial charge is 0.306 e. The summed E-state index contributed by atoms with van der Waals surface area (Å²) in [6, 6.07) is 0. The van der Waals surface area contributed by atoms with E-state index in [2.05, 4.69) is 86.8 Å². The summed E-state index contributed by atoms with van der Waals surface area (Å²) in [6.07, 6.45) is 97.4. The second kappa shape index (κ2) is 74.5. The van der Waals surface area contributed by atoms with Gasteiger partial charge in [0.05, 0.1) is 40.3 Å². The van der Waals surface area contributed by atoms with Gasteiger partial charge in [-0.05, 0) is 83.5 Å². The standard InChI is InChI=1S/C84H153NO8/c1-6-8-10-12-14-16-18-20-22-24-26-28-30-32-34-36-38-39-40-41-42-43-45-47-49-51-53-55-57-59-61-63-65-67-69-71-73-75-82(87)93-80(79-92-84(83(88)89)90-77-76-85(3,4)5)78-91-81(86)74-72-70-68-66-64-62-60-58-56-54-52-50-48-46-44-37-35-33-31-29-27-25-23-21-19-17-15-13-11-9-7-2/h8,10,14,16,20,22,25-28,32,34,80,84H,6-7,9,11-13,15,17-19,21,23-24,29-31,33,35-79H2,1-5H3/b10-8-,16-14-,22-20-,27-25-,28-26-,34-32-. The molecule has 0 fully saturated rings. The summed E-state index contributed by atoms with van der Waals surface area (Å²) in [5, 5.41) is 11.9. The number of rotatable bonds is 75. The molecular formula is C84H153NO8. The van der Waals surface area contributed by atoms with Crippen LogP contribution in [0.3, 0.4) is 0 Å². The van der Waals surface area contributed by atoms with Gasteiger partial charge >= 0.3 is 11.9 Å². The molecule has 0 aromatic rings. The van der Waals surface area contributed by atoms with E-state index in [1.807, 2.05) is 21.1 Å². The highest BCUT2D eigenvalue weighted by molar-refractivity contribution is 5.70. The van der Waals surface area contributed by atoms with Gasteiger partial charge in [0.25, 0.3) is 0 Å². The lowest BCUT2D eigenvalue weighted by atomic mass is 10.0. The Labute approximate surface area is 577 Å². The van der Waals surface area contributed by atoms with Crippen LogP contribution in [-0.2, 0) is 33.3 Å². The van der Waals surface area contributed by atoms with E-state index in [-0.39, 0.29) is 32.2 Å². The Morgan fingerprint density at radius 3 is 0.925 bits per heavy atom. The summed E-state index contributed by atoms with van der Waals surface area (Å²) in [5.74, 6) is -2.25. The van der Waals surface area contributed by atoms with Gasteiger partial charge < -0.3 is 33.3 Å². The molecule has 2 unspecified atom stereocenters. The molecule has 0 aliphatic rings. The Kier molecular flexibility index (Phi) is 71.9. The maximum absolute atomic E-state index is 13.0. The van der Waals surface area contributed by atoms with E-state index in [9.17, 15) is 19.5 Å². The Morgan fingerprint density at radius 2 is 0.613 bits per heavy atom. The second-order valence-electron chi connectivity index (χ2n) is 28.3. The fourth-order valence-electron chi connectivity index (χ4n) is 11.9. The molecule has 0 rings (SSSR count). The number of esters is 2. The number of carboxylic acid groups (broad SMARTS) is 1. The van der Waals surface area contributed by atoms with E-state index in [0.717, 1.165) is 64.2 Å². The largest absolute Gasteiger partial charge is 0.545 e. The Hall–Kier alpha value is -3.27. The topological polar surface area (TPSA) is 111 Å². The quantitative estimate of drug-likeness (QED) is 0.0195. The summed E-state index contributed by atoms with van der Waals surface area (Å²) in [6.45, 7) is 4.70. The highest BCUT2D eigenvalue weighted by Crippen LogP contribution is 2.19. The number of allylic oxidation sites excluding steroid dienone is 12. The van der Waals surface area contributed by atoms with Gasteiger partial charge in [-0.25, -0.2) is 0 Å². The minimum absolute atomic E-state index is 0.149. The molecule has 0 bridgehead atoms. The predicted octanol–water partition coefficient (Wildman–Crippen LogP) is 24.3. The van der Waals surface area contributed by atoms with E-state index in [0.29, 0.717) is 23.9 Å². The van der Waals surface area contributed by atoms with Gasteiger partial charge in [-0.3, -0.25) is 9.59 Å². The number of ether oxygens (including phenoxy) is 4. The summed E-state index contributed by atoms with van der Waals surface area (Å²) in [4.78, 5) is 37.6. The molecule has 0 radical (unpaired) electrons. The molecule has 0 N–H and O–H groups in total. The minimum atomic E-state index is -1.62. The van der Waals surface area contributed by atoms with Crippen LogP contribution >= 0.6 is 0 Å². The molecule has 0 saturated carbocycles. The van der Waals surface area contributed by atoms with Crippen molar-refractivity contribution in [2.75, 3.05) is 47.5 Å². The van der Waals surface area contributed by atoms with E-state index in [1.54, 1.807) is 0 Å². The van der Waals surface area contributed by atoms with Crippen LogP contribution in [0.15, 0.2) is 72.9 Å². The van der Waals surface area contributed by atoms with Gasteiger partial charge in [0.2, 0.25) is 0 Å². The first kappa shape index (κ1) is 89.7. The van der Waals surface area contributed by atoms with Crippen LogP contribution in [0, 0.1) is 0 Å². The molecule has 93 heavy (non-hydrogen) atoms. The van der Waals surface area contributed by atoms with Crippen molar-refractivity contribution in [2.24, 2.45) is 0 Å². The van der Waals surface area contributed by atoms with E-state index in [4.69, 9.17) is 18.9 Å². The van der Waals surface area contributed by atoms with Crippen LogP contribution in [0.2, 0.25) is 0 Å². The molecule has 9 heteroatoms. The SMILES string of the molecule is CC/C=C\C/C=C\C/C=C\C/C=C\C/C=C\CCCCCCCCCCCCCCCCCCCCCCCC(=O)OC(COC(=O)CCCCCCCCCCCCCCCCCCCCC/C=C\CCCCCCCCCC)COC(OCC[N+](C)(C)C)C(=O)[O-]. The summed E-state index contributed by atoms with van der Waals surface area (Å²) in [7, 11) is 5.95. The van der Waals surface area contributed by atoms with E-state index >= 15 is 0 Å². The number of hydrogen-bond acceptors (Lipinski definition) is 8. The maximum atomic E-state index is 13.0. The van der Waals surface area contributed by atoms with Gasteiger partial charge in [-0.15, -0.1) is 0 Å². The summed E-state index contributed by atoms with van der Waals surface area (Å²) in [5.41, 5.74) is 0. The third-order valence-electron chi connectivity index (χ3n) is 17.9. The van der Waals surface area contributed by atoms with Crippen molar-refractivity contribution >= 4 is 17.9 Å². The van der Waals surface area contributed by atoms with Crippen LogP contribution in [0.25, 0.3) is 0 Å². The second-order valence-corrected chi connectivity index (χ2v) is 28.3. The highest BCUT2D eigenvalue weighted by atomic mass is 16.7. The third-order valence-corrected chi connectivity index (χ3v) is 17.9. The molecule has 0 aromatic heterocycles. The third kappa shape index (κ3) is 76.0. The van der Waals surface area contributed by atoms with Crippen molar-refractivity contribution in [1.82, 2.24) is 0 Å². The fraction of sp³-hybridized carbons (Fsp3) is 0.821. The normalized spacial score (nSPS) is 13.0. The van der Waals surface area contributed by atoms with Crippen LogP contribution < -0.4 is 5.11 Å². The molecule has 9 nitrogen and oxygen atoms in total. The zero-order valence-corrected chi connectivity index (χ0v) is 62.1. The number of likely N-dealkylation sites (N-methyl/N-ethyl adjacent to an activating group) is 1. The number of unbranched alkanes of at least 4 members (excludes halogenated alkanes) is 48. The number of carboxylic acids is 1. The number of aliphatic carboxylic acids is 1. The summed E-state index contributed by atoms with van der Waals surface area (Å²) < 4.78 is 22.9. The van der Waals surface area contributed by atoms with Crippen LogP contribution in [0.5, 0.6) is 0 Å². The van der Waals surface area contributed by atoms with Crippen molar-refractivity contribution in [3.8, 4) is 0 Å². The molecule has 0 aromatic carbocycles. The maximum Gasteiger partial charge on any atom is 0.306 e. The van der Waals surface area contributed by atoms with Crippen molar-refractivity contribution < 1.29 is 42.9 Å². The Bertz CT molecular complexity index is 1760. The zero-order chi connectivity index (χ0) is 67.5. The first-order valence-corrected chi connectivity index (χ1v) is 40.1. The van der Waals surface area contributed by atoms with Crippen LogP contribution in [0.4, 0.5) is 0 Å². The monoisotopic (exact) mass is 1300 g/mol. The highest BCUT2D eigenvalue weighted by Gasteiger charge is 2.22. The minimum Gasteiger partial charge on any atom is -0.545 e. The Morgan fingerprint density at radius 1 is 0.333 bits per heavy atom. The number of quaternary nitrogens is 1. The molecule has 542 valence electrons. The molecule has 0 aliphatic carbocycles. The predicted molar refractivity (Wildman–Crippen MR) is 398 cm³/mol. The molecule has 0 spiro atoms. The van der Waals surface area contributed by atoms with Crippen molar-refractivity contribution in [3.63, 3.8) is 0 Å².